The first kappa shape index (κ1) is 15.9. The molecule has 0 saturated heterocycles. The number of hydrogen-bond donors (Lipinski definition) is 1. The molecule has 0 bridgehead atoms. The van der Waals surface area contributed by atoms with E-state index in [4.69, 9.17) is 4.74 Å². The van der Waals surface area contributed by atoms with Gasteiger partial charge in [-0.25, -0.2) is 8.42 Å². The van der Waals surface area contributed by atoms with Gasteiger partial charge in [-0.1, -0.05) is 54.6 Å². The second-order valence-electron chi connectivity index (χ2n) is 6.00. The van der Waals surface area contributed by atoms with Gasteiger partial charge in [0, 0.05) is 11.1 Å². The van der Waals surface area contributed by atoms with Crippen molar-refractivity contribution in [3.63, 3.8) is 0 Å². The molecule has 1 aliphatic heterocycles. The molecule has 5 heteroatoms. The van der Waals surface area contributed by atoms with E-state index >= 15 is 0 Å². The molecule has 0 unspecified atom stereocenters. The Hall–Kier alpha value is -2.63. The van der Waals surface area contributed by atoms with Crippen LogP contribution < -0.4 is 9.46 Å². The van der Waals surface area contributed by atoms with Gasteiger partial charge in [-0.2, -0.15) is 4.72 Å². The summed E-state index contributed by atoms with van der Waals surface area (Å²) in [6, 6.07) is 21.4. The minimum absolute atomic E-state index is 0.288. The highest BCUT2D eigenvalue weighted by Gasteiger charge is 2.31. The van der Waals surface area contributed by atoms with Gasteiger partial charge in [0.25, 0.3) is 0 Å². The van der Waals surface area contributed by atoms with Crippen LogP contribution in [0.2, 0.25) is 0 Å². The van der Waals surface area contributed by atoms with Crippen molar-refractivity contribution in [1.82, 2.24) is 4.72 Å². The zero-order chi connectivity index (χ0) is 17.4. The second-order valence-corrected chi connectivity index (χ2v) is 7.68. The van der Waals surface area contributed by atoms with Crippen molar-refractivity contribution in [3.05, 3.63) is 89.5 Å². The van der Waals surface area contributed by atoms with E-state index in [1.807, 2.05) is 54.6 Å². The Bertz CT molecular complexity index is 999. The fourth-order valence-electron chi connectivity index (χ4n) is 3.11. The van der Waals surface area contributed by atoms with E-state index in [-0.39, 0.29) is 4.90 Å². The van der Waals surface area contributed by atoms with Gasteiger partial charge in [-0.3, -0.25) is 0 Å². The molecule has 0 aliphatic carbocycles. The van der Waals surface area contributed by atoms with Crippen LogP contribution in [-0.2, 0) is 10.0 Å². The van der Waals surface area contributed by atoms with Crippen molar-refractivity contribution < 1.29 is 13.2 Å². The van der Waals surface area contributed by atoms with Crippen LogP contribution in [0, 0.1) is 6.92 Å². The third-order valence-electron chi connectivity index (χ3n) is 4.34. The molecule has 3 aromatic carbocycles. The minimum atomic E-state index is -3.68. The summed E-state index contributed by atoms with van der Waals surface area (Å²) in [4.78, 5) is 0.288. The van der Waals surface area contributed by atoms with Crippen LogP contribution in [-0.4, -0.2) is 8.42 Å². The summed E-state index contributed by atoms with van der Waals surface area (Å²) in [6.45, 7) is 1.79. The van der Waals surface area contributed by atoms with Crippen molar-refractivity contribution >= 4 is 10.0 Å². The van der Waals surface area contributed by atoms with Gasteiger partial charge in [-0.05, 0) is 30.7 Å². The molecular formula is C20H17NO3S. The van der Waals surface area contributed by atoms with Crippen molar-refractivity contribution in [2.45, 2.75) is 17.9 Å². The highest BCUT2D eigenvalue weighted by atomic mass is 32.2. The van der Waals surface area contributed by atoms with E-state index in [1.165, 1.54) is 0 Å². The van der Waals surface area contributed by atoms with Crippen LogP contribution in [0.3, 0.4) is 0 Å². The quantitative estimate of drug-likeness (QED) is 0.770. The molecule has 0 spiro atoms. The first-order valence-corrected chi connectivity index (χ1v) is 9.48. The van der Waals surface area contributed by atoms with Crippen molar-refractivity contribution in [2.24, 2.45) is 0 Å². The van der Waals surface area contributed by atoms with Crippen molar-refractivity contribution in [1.29, 1.82) is 0 Å². The fourth-order valence-corrected chi connectivity index (χ4v) is 4.55. The van der Waals surface area contributed by atoms with Crippen LogP contribution in [0.5, 0.6) is 11.5 Å². The number of rotatable bonds is 3. The molecule has 126 valence electrons. The smallest absolute Gasteiger partial charge is 0.241 e. The van der Waals surface area contributed by atoms with Gasteiger partial charge < -0.3 is 4.74 Å². The highest BCUT2D eigenvalue weighted by Crippen LogP contribution is 2.43. The Labute approximate surface area is 147 Å². The van der Waals surface area contributed by atoms with Crippen LogP contribution >= 0.6 is 0 Å². The molecule has 1 N–H and O–H groups in total. The Morgan fingerprint density at radius 2 is 1.32 bits per heavy atom. The van der Waals surface area contributed by atoms with Crippen molar-refractivity contribution in [2.75, 3.05) is 0 Å². The molecule has 0 fully saturated rings. The normalized spacial score (nSPS) is 13.6. The van der Waals surface area contributed by atoms with Crippen LogP contribution in [0.1, 0.15) is 22.7 Å². The lowest BCUT2D eigenvalue weighted by molar-refractivity contribution is 0.440. The molecule has 1 heterocycles. The number of fused-ring (bicyclic) bond motifs is 2. The molecule has 0 atom stereocenters. The number of para-hydroxylation sites is 2. The largest absolute Gasteiger partial charge is 0.457 e. The number of benzene rings is 3. The van der Waals surface area contributed by atoms with Gasteiger partial charge in [0.2, 0.25) is 10.0 Å². The first-order valence-electron chi connectivity index (χ1n) is 8.00. The molecule has 0 amide bonds. The molecule has 25 heavy (non-hydrogen) atoms. The molecule has 0 radical (unpaired) electrons. The first-order chi connectivity index (χ1) is 12.1. The zero-order valence-electron chi connectivity index (χ0n) is 13.6. The monoisotopic (exact) mass is 351 g/mol. The zero-order valence-corrected chi connectivity index (χ0v) is 14.5. The summed E-state index contributed by atoms with van der Waals surface area (Å²) >= 11 is 0. The average molecular weight is 351 g/mol. The predicted octanol–water partition coefficient (Wildman–Crippen LogP) is 4.17. The molecule has 1 aliphatic rings. The molecule has 4 nitrogen and oxygen atoms in total. The average Bonchev–Trinajstić information content (AvgIpc) is 2.61. The SMILES string of the molecule is Cc1ccccc1S(=O)(=O)NC1c2ccccc2Oc2ccccc21. The maximum absolute atomic E-state index is 13.0. The predicted molar refractivity (Wildman–Crippen MR) is 96.3 cm³/mol. The standard InChI is InChI=1S/C20H17NO3S/c1-14-8-2-7-13-19(14)25(22,23)21-20-15-9-3-5-11-17(15)24-18-12-6-4-10-16(18)20/h2-13,20-21H,1H3. The second kappa shape index (κ2) is 6.02. The van der Waals surface area contributed by atoms with E-state index in [9.17, 15) is 8.42 Å². The van der Waals surface area contributed by atoms with E-state index in [0.29, 0.717) is 17.1 Å². The summed E-state index contributed by atoms with van der Waals surface area (Å²) in [5, 5.41) is 0. The lowest BCUT2D eigenvalue weighted by Crippen LogP contribution is -2.31. The lowest BCUT2D eigenvalue weighted by Gasteiger charge is -2.28. The summed E-state index contributed by atoms with van der Waals surface area (Å²) in [7, 11) is -3.68. The molecule has 0 saturated carbocycles. The molecular weight excluding hydrogens is 334 g/mol. The van der Waals surface area contributed by atoms with E-state index in [1.54, 1.807) is 25.1 Å². The number of aryl methyl sites for hydroxylation is 1. The summed E-state index contributed by atoms with van der Waals surface area (Å²) in [5.41, 5.74) is 2.32. The third kappa shape index (κ3) is 2.81. The highest BCUT2D eigenvalue weighted by molar-refractivity contribution is 7.89. The van der Waals surface area contributed by atoms with Crippen LogP contribution in [0.4, 0.5) is 0 Å². The van der Waals surface area contributed by atoms with Gasteiger partial charge in [-0.15, -0.1) is 0 Å². The number of sulfonamides is 1. The lowest BCUT2D eigenvalue weighted by atomic mass is 9.95. The summed E-state index contributed by atoms with van der Waals surface area (Å²) in [6.07, 6.45) is 0. The summed E-state index contributed by atoms with van der Waals surface area (Å²) in [5.74, 6) is 1.33. The van der Waals surface area contributed by atoms with Crippen LogP contribution in [0.15, 0.2) is 77.7 Å². The van der Waals surface area contributed by atoms with E-state index < -0.39 is 16.1 Å². The van der Waals surface area contributed by atoms with E-state index in [2.05, 4.69) is 4.72 Å². The fraction of sp³-hybridized carbons (Fsp3) is 0.100. The number of ether oxygens (including phenoxy) is 1. The van der Waals surface area contributed by atoms with Crippen molar-refractivity contribution in [3.8, 4) is 11.5 Å². The number of nitrogens with one attached hydrogen (secondary N) is 1. The van der Waals surface area contributed by atoms with Gasteiger partial charge in [0.1, 0.15) is 11.5 Å². The maximum Gasteiger partial charge on any atom is 0.241 e. The van der Waals surface area contributed by atoms with Gasteiger partial charge >= 0.3 is 0 Å². The Kier molecular flexibility index (Phi) is 3.82. The number of hydrogen-bond acceptors (Lipinski definition) is 3. The van der Waals surface area contributed by atoms with Gasteiger partial charge in [0.05, 0.1) is 10.9 Å². The Morgan fingerprint density at radius 3 is 1.92 bits per heavy atom. The summed E-state index contributed by atoms with van der Waals surface area (Å²) < 4.78 is 34.8. The molecule has 3 aromatic rings. The molecule has 0 aromatic heterocycles. The van der Waals surface area contributed by atoms with Gasteiger partial charge in [0.15, 0.2) is 0 Å². The third-order valence-corrected chi connectivity index (χ3v) is 5.92. The Balaban J connectivity index is 1.82. The van der Waals surface area contributed by atoms with Crippen LogP contribution in [0.25, 0.3) is 0 Å². The Morgan fingerprint density at radius 1 is 0.800 bits per heavy atom. The topological polar surface area (TPSA) is 55.4 Å². The minimum Gasteiger partial charge on any atom is -0.457 e. The van der Waals surface area contributed by atoms with E-state index in [0.717, 1.165) is 11.1 Å². The molecule has 4 rings (SSSR count). The maximum atomic E-state index is 13.0.